The fourth-order valence-corrected chi connectivity index (χ4v) is 3.20. The Morgan fingerprint density at radius 2 is 1.59 bits per heavy atom. The molecule has 0 aliphatic rings. The van der Waals surface area contributed by atoms with E-state index >= 15 is 0 Å². The normalized spacial score (nSPS) is 15.0. The number of carbonyl (C=O) groups is 1. The van der Waals surface area contributed by atoms with E-state index in [0.717, 1.165) is 5.56 Å². The lowest BCUT2D eigenvalue weighted by atomic mass is 10.1. The van der Waals surface area contributed by atoms with Gasteiger partial charge in [-0.2, -0.15) is 0 Å². The van der Waals surface area contributed by atoms with Crippen molar-refractivity contribution in [2.75, 3.05) is 6.16 Å². The Morgan fingerprint density at radius 3 is 2.14 bits per heavy atom. The van der Waals surface area contributed by atoms with Crippen molar-refractivity contribution in [3.05, 3.63) is 71.8 Å². The average Bonchev–Trinajstić information content (AvgIpc) is 2.52. The van der Waals surface area contributed by atoms with Gasteiger partial charge < -0.3 is 10.00 Å². The summed E-state index contributed by atoms with van der Waals surface area (Å²) >= 11 is 0. The van der Waals surface area contributed by atoms with Crippen LogP contribution in [0.5, 0.6) is 0 Å². The van der Waals surface area contributed by atoms with E-state index in [2.05, 4.69) is 0 Å². The highest BCUT2D eigenvalue weighted by Gasteiger charge is 2.30. The zero-order valence-corrected chi connectivity index (χ0v) is 12.7. The summed E-state index contributed by atoms with van der Waals surface area (Å²) in [5.74, 6) is -1.29. The minimum atomic E-state index is -4.01. The molecule has 5 nitrogen and oxygen atoms in total. The zero-order chi connectivity index (χ0) is 16.0. The summed E-state index contributed by atoms with van der Waals surface area (Å²) in [6.07, 6.45) is -1.24. The number of rotatable bonds is 7. The third-order valence-electron chi connectivity index (χ3n) is 3.12. The quantitative estimate of drug-likeness (QED) is 0.765. The summed E-state index contributed by atoms with van der Waals surface area (Å²) in [7, 11) is -4.01. The van der Waals surface area contributed by atoms with Crippen molar-refractivity contribution in [1.29, 1.82) is 0 Å². The Hall–Kier alpha value is -1.94. The van der Waals surface area contributed by atoms with Crippen molar-refractivity contribution in [3.63, 3.8) is 0 Å². The molecule has 0 aliphatic heterocycles. The number of hydrogen-bond acceptors (Lipinski definition) is 3. The molecule has 0 spiro atoms. The highest BCUT2D eigenvalue weighted by molar-refractivity contribution is 7.52. The molecule has 2 aromatic rings. The lowest BCUT2D eigenvalue weighted by molar-refractivity contribution is -0.145. The van der Waals surface area contributed by atoms with Gasteiger partial charge in [0, 0.05) is 0 Å². The predicted octanol–water partition coefficient (Wildman–Crippen LogP) is 3.26. The average molecular weight is 320 g/mol. The summed E-state index contributed by atoms with van der Waals surface area (Å²) in [6, 6.07) is 17.3. The molecule has 2 rings (SSSR count). The Bertz CT molecular complexity index is 657. The summed E-state index contributed by atoms with van der Waals surface area (Å²) in [6.45, 7) is 0. The highest BCUT2D eigenvalue weighted by atomic mass is 31.2. The zero-order valence-electron chi connectivity index (χ0n) is 11.8. The standard InChI is InChI=1S/C16H17O5P/c17-16(18)15(14-9-5-2-6-10-14)21-22(19,20)12-11-13-7-3-1-4-8-13/h1-10,15H,11-12H2,(H,17,18)(H,19,20)/t15-/m1/s1. The molecular weight excluding hydrogens is 303 g/mol. The van der Waals surface area contributed by atoms with E-state index < -0.39 is 19.7 Å². The SMILES string of the molecule is O=C(O)[C@H](OP(=O)(O)CCc1ccccc1)c1ccccc1. The number of aliphatic carboxylic acids is 1. The first-order valence-corrected chi connectivity index (χ1v) is 8.56. The van der Waals surface area contributed by atoms with Crippen LogP contribution in [0.4, 0.5) is 0 Å². The third kappa shape index (κ3) is 4.81. The van der Waals surface area contributed by atoms with E-state index in [4.69, 9.17) is 4.52 Å². The molecule has 0 radical (unpaired) electrons. The topological polar surface area (TPSA) is 83.8 Å². The van der Waals surface area contributed by atoms with E-state index in [1.165, 1.54) is 0 Å². The van der Waals surface area contributed by atoms with Crippen molar-refractivity contribution in [1.82, 2.24) is 0 Å². The molecule has 116 valence electrons. The van der Waals surface area contributed by atoms with E-state index in [1.807, 2.05) is 30.3 Å². The lowest BCUT2D eigenvalue weighted by Gasteiger charge is -2.18. The molecule has 2 aromatic carbocycles. The fourth-order valence-electron chi connectivity index (χ4n) is 2.01. The smallest absolute Gasteiger partial charge is 0.338 e. The van der Waals surface area contributed by atoms with Crippen molar-refractivity contribution in [2.45, 2.75) is 12.5 Å². The third-order valence-corrected chi connectivity index (χ3v) is 4.45. The van der Waals surface area contributed by atoms with E-state index in [1.54, 1.807) is 30.3 Å². The van der Waals surface area contributed by atoms with Crippen LogP contribution in [0.25, 0.3) is 0 Å². The van der Waals surface area contributed by atoms with E-state index in [-0.39, 0.29) is 6.16 Å². The molecule has 2 N–H and O–H groups in total. The second-order valence-corrected chi connectivity index (χ2v) is 6.76. The molecule has 0 saturated carbocycles. The van der Waals surface area contributed by atoms with Gasteiger partial charge in [-0.05, 0) is 17.5 Å². The van der Waals surface area contributed by atoms with Crippen LogP contribution in [-0.4, -0.2) is 22.1 Å². The van der Waals surface area contributed by atoms with Crippen LogP contribution in [0.2, 0.25) is 0 Å². The van der Waals surface area contributed by atoms with Gasteiger partial charge in [0.25, 0.3) is 0 Å². The van der Waals surface area contributed by atoms with Crippen LogP contribution in [0.15, 0.2) is 60.7 Å². The van der Waals surface area contributed by atoms with Gasteiger partial charge in [0.1, 0.15) is 0 Å². The van der Waals surface area contributed by atoms with Crippen LogP contribution < -0.4 is 0 Å². The van der Waals surface area contributed by atoms with Crippen LogP contribution >= 0.6 is 7.60 Å². The lowest BCUT2D eigenvalue weighted by Crippen LogP contribution is -2.15. The molecule has 0 aliphatic carbocycles. The number of hydrogen-bond donors (Lipinski definition) is 2. The highest BCUT2D eigenvalue weighted by Crippen LogP contribution is 2.47. The molecular formula is C16H17O5P. The van der Waals surface area contributed by atoms with Crippen molar-refractivity contribution in [3.8, 4) is 0 Å². The van der Waals surface area contributed by atoms with Gasteiger partial charge in [-0.25, -0.2) is 4.79 Å². The maximum Gasteiger partial charge on any atom is 0.338 e. The Morgan fingerprint density at radius 1 is 1.05 bits per heavy atom. The number of aryl methyl sites for hydroxylation is 1. The first-order valence-electron chi connectivity index (χ1n) is 6.80. The second-order valence-electron chi connectivity index (χ2n) is 4.83. The molecule has 0 heterocycles. The van der Waals surface area contributed by atoms with Crippen LogP contribution in [0.3, 0.4) is 0 Å². The predicted molar refractivity (Wildman–Crippen MR) is 82.7 cm³/mol. The molecule has 0 bridgehead atoms. The number of carboxylic acid groups (broad SMARTS) is 1. The minimum absolute atomic E-state index is 0.131. The molecule has 1 unspecified atom stereocenters. The molecule has 0 fully saturated rings. The van der Waals surface area contributed by atoms with E-state index in [0.29, 0.717) is 12.0 Å². The van der Waals surface area contributed by atoms with Gasteiger partial charge in [-0.3, -0.25) is 9.09 Å². The number of carboxylic acids is 1. The molecule has 0 amide bonds. The van der Waals surface area contributed by atoms with Gasteiger partial charge in [0.2, 0.25) is 0 Å². The minimum Gasteiger partial charge on any atom is -0.479 e. The maximum atomic E-state index is 12.1. The van der Waals surface area contributed by atoms with Crippen LogP contribution in [0.1, 0.15) is 17.2 Å². The van der Waals surface area contributed by atoms with Crippen molar-refractivity contribution >= 4 is 13.6 Å². The number of benzene rings is 2. The first kappa shape index (κ1) is 16.4. The maximum absolute atomic E-state index is 12.1. The first-order chi connectivity index (χ1) is 10.5. The summed E-state index contributed by atoms with van der Waals surface area (Å²) in [5, 5.41) is 9.22. The summed E-state index contributed by atoms with van der Waals surface area (Å²) < 4.78 is 17.2. The van der Waals surface area contributed by atoms with Gasteiger partial charge in [-0.1, -0.05) is 60.7 Å². The van der Waals surface area contributed by atoms with Gasteiger partial charge in [0.05, 0.1) is 6.16 Å². The second kappa shape index (κ2) is 7.36. The van der Waals surface area contributed by atoms with Gasteiger partial charge in [0.15, 0.2) is 6.10 Å². The Labute approximate surface area is 128 Å². The van der Waals surface area contributed by atoms with Gasteiger partial charge in [-0.15, -0.1) is 0 Å². The largest absolute Gasteiger partial charge is 0.479 e. The fraction of sp³-hybridized carbons (Fsp3) is 0.188. The summed E-state index contributed by atoms with van der Waals surface area (Å²) in [4.78, 5) is 21.2. The molecule has 22 heavy (non-hydrogen) atoms. The molecule has 2 atom stereocenters. The van der Waals surface area contributed by atoms with Crippen molar-refractivity contribution < 1.29 is 23.9 Å². The van der Waals surface area contributed by atoms with Crippen molar-refractivity contribution in [2.24, 2.45) is 0 Å². The van der Waals surface area contributed by atoms with E-state index in [9.17, 15) is 19.4 Å². The van der Waals surface area contributed by atoms with Crippen LogP contribution in [0, 0.1) is 0 Å². The molecule has 0 saturated heterocycles. The Balaban J connectivity index is 2.05. The Kier molecular flexibility index (Phi) is 5.50. The monoisotopic (exact) mass is 320 g/mol. The molecule has 0 aromatic heterocycles. The molecule has 6 heteroatoms. The van der Waals surface area contributed by atoms with Crippen LogP contribution in [-0.2, 0) is 20.3 Å². The summed E-state index contributed by atoms with van der Waals surface area (Å²) in [5.41, 5.74) is 1.23. The van der Waals surface area contributed by atoms with Gasteiger partial charge >= 0.3 is 13.6 Å².